The van der Waals surface area contributed by atoms with Crippen LogP contribution in [0.25, 0.3) is 16.8 Å². The maximum absolute atomic E-state index is 12.3. The van der Waals surface area contributed by atoms with Crippen molar-refractivity contribution in [3.05, 3.63) is 65.2 Å². The fraction of sp³-hybridized carbons (Fsp3) is 0.304. The molecule has 2 aromatic carbocycles. The molecular weight excluding hydrogens is 382 g/mol. The largest absolute Gasteiger partial charge is 0.373 e. The first-order chi connectivity index (χ1) is 14.1. The number of ether oxygens (including phenoxy) is 1. The van der Waals surface area contributed by atoms with Crippen LogP contribution in [0.5, 0.6) is 0 Å². The van der Waals surface area contributed by atoms with Gasteiger partial charge in [0, 0.05) is 31.1 Å². The minimum absolute atomic E-state index is 0.174. The zero-order valence-electron chi connectivity index (χ0n) is 16.7. The van der Waals surface area contributed by atoms with Gasteiger partial charge in [-0.25, -0.2) is 4.98 Å². The summed E-state index contributed by atoms with van der Waals surface area (Å²) < 4.78 is 5.78. The zero-order chi connectivity index (χ0) is 20.2. The highest BCUT2D eigenvalue weighted by Gasteiger charge is 2.22. The SMILES string of the molecule is CC1CN(Cc2csc(NC(=O)/C=C/c3cccc4ccccc34)n2)CC(C)O1. The van der Waals surface area contributed by atoms with Gasteiger partial charge in [-0.2, -0.15) is 0 Å². The number of hydrogen-bond acceptors (Lipinski definition) is 5. The number of anilines is 1. The number of carbonyl (C=O) groups is 1. The third kappa shape index (κ3) is 5.09. The Morgan fingerprint density at radius 1 is 1.21 bits per heavy atom. The number of thiazole rings is 1. The smallest absolute Gasteiger partial charge is 0.250 e. The normalized spacial score (nSPS) is 20.3. The zero-order valence-corrected chi connectivity index (χ0v) is 17.5. The average molecular weight is 408 g/mol. The molecule has 1 aliphatic rings. The third-order valence-electron chi connectivity index (χ3n) is 4.90. The lowest BCUT2D eigenvalue weighted by Crippen LogP contribution is -2.44. The van der Waals surface area contributed by atoms with Gasteiger partial charge < -0.3 is 4.74 Å². The number of hydrogen-bond donors (Lipinski definition) is 1. The van der Waals surface area contributed by atoms with E-state index in [-0.39, 0.29) is 18.1 Å². The van der Waals surface area contributed by atoms with Gasteiger partial charge in [-0.3, -0.25) is 15.0 Å². The summed E-state index contributed by atoms with van der Waals surface area (Å²) in [7, 11) is 0. The van der Waals surface area contributed by atoms with Crippen LogP contribution < -0.4 is 5.32 Å². The lowest BCUT2D eigenvalue weighted by molar-refractivity contribution is -0.111. The Balaban J connectivity index is 1.37. The van der Waals surface area contributed by atoms with Crippen molar-refractivity contribution >= 4 is 39.2 Å². The highest BCUT2D eigenvalue weighted by atomic mass is 32.1. The molecular formula is C23H25N3O2S. The highest BCUT2D eigenvalue weighted by Crippen LogP contribution is 2.21. The lowest BCUT2D eigenvalue weighted by atomic mass is 10.0. The van der Waals surface area contributed by atoms with E-state index in [0.29, 0.717) is 5.13 Å². The number of benzene rings is 2. The van der Waals surface area contributed by atoms with Gasteiger partial charge in [0.25, 0.3) is 0 Å². The first-order valence-corrected chi connectivity index (χ1v) is 10.7. The predicted molar refractivity (Wildman–Crippen MR) is 119 cm³/mol. The molecule has 29 heavy (non-hydrogen) atoms. The van der Waals surface area contributed by atoms with E-state index in [2.05, 4.69) is 47.2 Å². The van der Waals surface area contributed by atoms with Crippen molar-refractivity contribution < 1.29 is 9.53 Å². The number of amides is 1. The van der Waals surface area contributed by atoms with Crippen LogP contribution in [0, 0.1) is 0 Å². The predicted octanol–water partition coefficient (Wildman–Crippen LogP) is 4.56. The van der Waals surface area contributed by atoms with Crippen molar-refractivity contribution in [1.82, 2.24) is 9.88 Å². The first-order valence-electron chi connectivity index (χ1n) is 9.86. The van der Waals surface area contributed by atoms with E-state index in [1.807, 2.05) is 35.7 Å². The molecule has 0 spiro atoms. The van der Waals surface area contributed by atoms with Crippen LogP contribution in [-0.4, -0.2) is 41.1 Å². The van der Waals surface area contributed by atoms with E-state index in [1.165, 1.54) is 11.3 Å². The quantitative estimate of drug-likeness (QED) is 0.630. The molecule has 1 aliphatic heterocycles. The van der Waals surface area contributed by atoms with Crippen molar-refractivity contribution in [2.24, 2.45) is 0 Å². The second-order valence-corrected chi connectivity index (χ2v) is 8.34. The molecule has 150 valence electrons. The number of rotatable bonds is 5. The third-order valence-corrected chi connectivity index (χ3v) is 5.71. The molecule has 4 rings (SSSR count). The van der Waals surface area contributed by atoms with Crippen molar-refractivity contribution in [3.63, 3.8) is 0 Å². The molecule has 1 saturated heterocycles. The van der Waals surface area contributed by atoms with Crippen LogP contribution in [-0.2, 0) is 16.1 Å². The van der Waals surface area contributed by atoms with Gasteiger partial charge in [-0.15, -0.1) is 11.3 Å². The van der Waals surface area contributed by atoms with Crippen molar-refractivity contribution in [3.8, 4) is 0 Å². The molecule has 1 amide bonds. The molecule has 1 N–H and O–H groups in total. The Morgan fingerprint density at radius 2 is 1.97 bits per heavy atom. The molecule has 3 aromatic rings. The fourth-order valence-corrected chi connectivity index (χ4v) is 4.49. The summed E-state index contributed by atoms with van der Waals surface area (Å²) in [6.45, 7) is 6.76. The van der Waals surface area contributed by atoms with Gasteiger partial charge in [-0.1, -0.05) is 42.5 Å². The molecule has 6 heteroatoms. The van der Waals surface area contributed by atoms with Gasteiger partial charge in [0.15, 0.2) is 5.13 Å². The van der Waals surface area contributed by atoms with Gasteiger partial charge in [0.05, 0.1) is 17.9 Å². The van der Waals surface area contributed by atoms with Crippen molar-refractivity contribution in [2.45, 2.75) is 32.6 Å². The minimum atomic E-state index is -0.174. The number of morpholine rings is 1. The molecule has 1 aromatic heterocycles. The van der Waals surface area contributed by atoms with Crippen molar-refractivity contribution in [1.29, 1.82) is 0 Å². The maximum Gasteiger partial charge on any atom is 0.250 e. The molecule has 0 radical (unpaired) electrons. The number of nitrogens with zero attached hydrogens (tertiary/aromatic N) is 2. The Bertz CT molecular complexity index is 1010. The second kappa shape index (κ2) is 8.86. The van der Waals surface area contributed by atoms with Gasteiger partial charge in [0.2, 0.25) is 5.91 Å². The van der Waals surface area contributed by atoms with Gasteiger partial charge in [0.1, 0.15) is 0 Å². The summed E-state index contributed by atoms with van der Waals surface area (Å²) in [4.78, 5) is 19.3. The Labute approximate surface area is 175 Å². The Morgan fingerprint density at radius 3 is 2.79 bits per heavy atom. The highest BCUT2D eigenvalue weighted by molar-refractivity contribution is 7.13. The molecule has 2 unspecified atom stereocenters. The maximum atomic E-state index is 12.3. The monoisotopic (exact) mass is 407 g/mol. The molecule has 0 saturated carbocycles. The van der Waals surface area contributed by atoms with E-state index in [0.717, 1.165) is 41.7 Å². The van der Waals surface area contributed by atoms with Crippen LogP contribution in [0.4, 0.5) is 5.13 Å². The van der Waals surface area contributed by atoms with Crippen LogP contribution in [0.1, 0.15) is 25.1 Å². The van der Waals surface area contributed by atoms with Crippen LogP contribution in [0.2, 0.25) is 0 Å². The van der Waals surface area contributed by atoms with Crippen LogP contribution >= 0.6 is 11.3 Å². The standard InChI is InChI=1S/C23H25N3O2S/c1-16-12-26(13-17(2)28-16)14-20-15-29-23(24-20)25-22(27)11-10-19-8-5-7-18-6-3-4-9-21(18)19/h3-11,15-17H,12-14H2,1-2H3,(H,24,25,27)/b11-10+. The number of aromatic nitrogens is 1. The summed E-state index contributed by atoms with van der Waals surface area (Å²) in [5.74, 6) is -0.174. The van der Waals surface area contributed by atoms with Crippen LogP contribution in [0.15, 0.2) is 53.9 Å². The first kappa shape index (κ1) is 19.8. The van der Waals surface area contributed by atoms with Gasteiger partial charge >= 0.3 is 0 Å². The molecule has 2 heterocycles. The molecule has 0 aliphatic carbocycles. The number of carbonyl (C=O) groups excluding carboxylic acids is 1. The van der Waals surface area contributed by atoms with E-state index in [1.54, 1.807) is 6.08 Å². The minimum Gasteiger partial charge on any atom is -0.373 e. The number of nitrogens with one attached hydrogen (secondary N) is 1. The van der Waals surface area contributed by atoms with Crippen LogP contribution in [0.3, 0.4) is 0 Å². The summed E-state index contributed by atoms with van der Waals surface area (Å²) in [6.07, 6.45) is 3.88. The van der Waals surface area contributed by atoms with E-state index in [4.69, 9.17) is 4.74 Å². The summed E-state index contributed by atoms with van der Waals surface area (Å²) in [5, 5.41) is 7.80. The Hall–Kier alpha value is -2.54. The van der Waals surface area contributed by atoms with Crippen molar-refractivity contribution in [2.75, 3.05) is 18.4 Å². The molecule has 2 atom stereocenters. The molecule has 1 fully saturated rings. The summed E-state index contributed by atoms with van der Waals surface area (Å²) in [6, 6.07) is 14.2. The summed E-state index contributed by atoms with van der Waals surface area (Å²) >= 11 is 1.46. The average Bonchev–Trinajstić information content (AvgIpc) is 3.12. The summed E-state index contributed by atoms with van der Waals surface area (Å²) in [5.41, 5.74) is 2.00. The van der Waals surface area contributed by atoms with Gasteiger partial charge in [-0.05, 0) is 36.3 Å². The van der Waals surface area contributed by atoms with E-state index < -0.39 is 0 Å². The lowest BCUT2D eigenvalue weighted by Gasteiger charge is -2.34. The molecule has 5 nitrogen and oxygen atoms in total. The fourth-order valence-electron chi connectivity index (χ4n) is 3.79. The van der Waals surface area contributed by atoms with E-state index >= 15 is 0 Å². The van der Waals surface area contributed by atoms with E-state index in [9.17, 15) is 4.79 Å². The number of fused-ring (bicyclic) bond motifs is 1. The Kier molecular flexibility index (Phi) is 6.04. The topological polar surface area (TPSA) is 54.5 Å². The molecule has 0 bridgehead atoms. The second-order valence-electron chi connectivity index (χ2n) is 7.49.